The molecule has 0 aromatic heterocycles. The molecule has 4 aromatic rings. The molecule has 5 aliphatic heterocycles. The van der Waals surface area contributed by atoms with E-state index in [2.05, 4.69) is 16.0 Å². The zero-order valence-corrected chi connectivity index (χ0v) is 41.4. The van der Waals surface area contributed by atoms with Gasteiger partial charge in [0.05, 0.1) is 35.4 Å². The Hall–Kier alpha value is -7.34. The third-order valence-electron chi connectivity index (χ3n) is 14.3. The number of ether oxygens (including phenoxy) is 11. The maximum atomic E-state index is 13.7. The van der Waals surface area contributed by atoms with Crippen LogP contribution in [0.15, 0.2) is 121 Å². The van der Waals surface area contributed by atoms with Crippen LogP contribution in [0.1, 0.15) is 58.0 Å². The minimum Gasteiger partial charge on any atom is -0.456 e. The highest BCUT2D eigenvalue weighted by atomic mass is 16.8. The van der Waals surface area contributed by atoms with Gasteiger partial charge in [-0.1, -0.05) is 104 Å². The lowest BCUT2D eigenvalue weighted by atomic mass is 9.83. The van der Waals surface area contributed by atoms with Crippen molar-refractivity contribution in [3.8, 4) is 0 Å². The molecule has 0 radical (unpaired) electrons. The van der Waals surface area contributed by atoms with E-state index >= 15 is 0 Å². The number of nitrogens with one attached hydrogen (secondary N) is 3. The van der Waals surface area contributed by atoms with Crippen LogP contribution in [0.5, 0.6) is 0 Å². The summed E-state index contributed by atoms with van der Waals surface area (Å²) in [5, 5.41) is 20.7. The number of rotatable bonds is 14. The van der Waals surface area contributed by atoms with Crippen molar-refractivity contribution in [1.29, 1.82) is 0 Å². The lowest BCUT2D eigenvalue weighted by molar-refractivity contribution is -0.365. The lowest BCUT2D eigenvalue weighted by Gasteiger charge is -2.51. The maximum Gasteiger partial charge on any atom is 0.410 e. The fourth-order valence-corrected chi connectivity index (χ4v) is 10.4. The SMILES string of the molecule is CC1C[C@@H]2OC(O[C@@H]3CC(OC(=O)c4ccccc4)[C@@H]4NC(=O)OCC4O3)C3C(OC(=O)N3C)C2O[C@@H]1O[C@@H]1C(NC(=O)OCc2ccccc2)C[C@@H](NC(=O)OCc2ccccc2)C(OC(=O)c2ccccc2)[C@H]1O. The van der Waals surface area contributed by atoms with Gasteiger partial charge >= 0.3 is 36.3 Å². The number of nitrogens with zero attached hydrogens (tertiary/aromatic N) is 1. The van der Waals surface area contributed by atoms with Gasteiger partial charge in [0.15, 0.2) is 31.1 Å². The fraction of sp³-hybridized carbons (Fsp3) is 0.444. The number of cyclic esters (lactones) is 1. The van der Waals surface area contributed by atoms with Crippen LogP contribution in [-0.4, -0.2) is 152 Å². The Bertz CT molecular complexity index is 2680. The van der Waals surface area contributed by atoms with E-state index in [1.54, 1.807) is 97.1 Å². The van der Waals surface area contributed by atoms with E-state index < -0.39 is 134 Å². The van der Waals surface area contributed by atoms with E-state index in [1.807, 2.05) is 19.1 Å². The molecule has 5 saturated heterocycles. The molecule has 0 bridgehead atoms. The smallest absolute Gasteiger partial charge is 0.410 e. The number of carbonyl (C=O) groups is 6. The maximum absolute atomic E-state index is 13.7. The summed E-state index contributed by atoms with van der Waals surface area (Å²) in [6.07, 6.45) is -15.5. The number of amides is 4. The van der Waals surface area contributed by atoms with Crippen LogP contribution in [-0.2, 0) is 65.3 Å². The first kappa shape index (κ1) is 52.1. The molecule has 6 fully saturated rings. The number of fused-ring (bicyclic) bond motifs is 4. The fourth-order valence-electron chi connectivity index (χ4n) is 10.4. The van der Waals surface area contributed by atoms with Gasteiger partial charge in [0.2, 0.25) is 0 Å². The van der Waals surface area contributed by atoms with Crippen molar-refractivity contribution in [3.63, 3.8) is 0 Å². The zero-order valence-electron chi connectivity index (χ0n) is 41.4. The Kier molecular flexibility index (Phi) is 16.0. The van der Waals surface area contributed by atoms with Crippen molar-refractivity contribution in [2.75, 3.05) is 13.7 Å². The molecule has 1 saturated carbocycles. The summed E-state index contributed by atoms with van der Waals surface area (Å²) in [5.41, 5.74) is 1.90. The summed E-state index contributed by atoms with van der Waals surface area (Å²) in [7, 11) is 1.52. The molecule has 4 aromatic carbocycles. The number of alkyl carbamates (subject to hydrolysis) is 3. The Balaban J connectivity index is 0.876. The van der Waals surface area contributed by atoms with Crippen LogP contribution in [0.25, 0.3) is 0 Å². The largest absolute Gasteiger partial charge is 0.456 e. The van der Waals surface area contributed by atoms with Crippen LogP contribution in [0.2, 0.25) is 0 Å². The molecule has 6 aliphatic rings. The lowest BCUT2D eigenvalue weighted by Crippen LogP contribution is -2.68. The highest BCUT2D eigenvalue weighted by molar-refractivity contribution is 5.90. The average Bonchev–Trinajstić information content (AvgIpc) is 3.76. The zero-order chi connectivity index (χ0) is 52.9. The van der Waals surface area contributed by atoms with Gasteiger partial charge in [-0.25, -0.2) is 28.8 Å². The van der Waals surface area contributed by atoms with Gasteiger partial charge in [0, 0.05) is 19.4 Å². The molecule has 10 rings (SSSR count). The van der Waals surface area contributed by atoms with Crippen molar-refractivity contribution in [1.82, 2.24) is 20.9 Å². The molecule has 76 heavy (non-hydrogen) atoms. The third kappa shape index (κ3) is 11.9. The van der Waals surface area contributed by atoms with E-state index in [9.17, 15) is 33.9 Å². The van der Waals surface area contributed by atoms with Crippen molar-refractivity contribution in [2.24, 2.45) is 5.92 Å². The first-order chi connectivity index (χ1) is 36.8. The Morgan fingerprint density at radius 2 is 1.22 bits per heavy atom. The Morgan fingerprint density at radius 3 is 1.83 bits per heavy atom. The van der Waals surface area contributed by atoms with Gasteiger partial charge in [0.1, 0.15) is 56.4 Å². The van der Waals surface area contributed by atoms with Gasteiger partial charge in [-0.05, 0) is 48.2 Å². The van der Waals surface area contributed by atoms with Crippen molar-refractivity contribution in [3.05, 3.63) is 144 Å². The van der Waals surface area contributed by atoms with E-state index in [-0.39, 0.29) is 44.6 Å². The molecule has 22 heteroatoms. The van der Waals surface area contributed by atoms with E-state index in [4.69, 9.17) is 52.1 Å². The summed E-state index contributed by atoms with van der Waals surface area (Å²) in [4.78, 5) is 81.2. The van der Waals surface area contributed by atoms with Gasteiger partial charge in [-0.15, -0.1) is 0 Å². The number of hydrogen-bond acceptors (Lipinski definition) is 18. The molecule has 402 valence electrons. The number of aliphatic hydroxyl groups is 1. The molecule has 16 atom stereocenters. The second-order valence-electron chi connectivity index (χ2n) is 19.4. The predicted molar refractivity (Wildman–Crippen MR) is 259 cm³/mol. The molecule has 0 spiro atoms. The topological polar surface area (TPSA) is 264 Å². The summed E-state index contributed by atoms with van der Waals surface area (Å²) in [6.45, 7) is 1.49. The second-order valence-corrected chi connectivity index (χ2v) is 19.4. The third-order valence-corrected chi connectivity index (χ3v) is 14.3. The molecule has 4 N–H and O–H groups in total. The molecule has 1 aliphatic carbocycles. The number of benzene rings is 4. The van der Waals surface area contributed by atoms with Gasteiger partial charge in [-0.3, -0.25) is 4.90 Å². The standard InChI is InChI=1S/C54H58N4O18/c1-29-23-37-45(46-41(58(2)54(65)76-46)50(71-37)72-39-25-36(40-38(69-39)28-68-53(64)57-40)70-47(60)32-19-11-5-12-20-32)75-49(29)74-44-35(56-52(63)67-27-31-17-9-4-10-18-31)24-34(55-51(62)66-26-30-15-7-3-8-16-30)43(42(44)59)73-48(61)33-21-13-6-14-22-33/h3-22,29,34-46,49-50,59H,23-28H2,1-2H3,(H,55,62)(H,56,63)(H,57,64)/t29?,34-,35?,36?,37+,38?,39-,40+,41?,42-,43?,44-,45?,46?,49+,50?/m1/s1. The van der Waals surface area contributed by atoms with E-state index in [0.29, 0.717) is 16.7 Å². The van der Waals surface area contributed by atoms with Crippen LogP contribution < -0.4 is 16.0 Å². The summed E-state index contributed by atoms with van der Waals surface area (Å²) in [6, 6.07) is 30.5. The first-order valence-corrected chi connectivity index (χ1v) is 25.1. The highest BCUT2D eigenvalue weighted by Gasteiger charge is 2.61. The quantitative estimate of drug-likeness (QED) is 0.0984. The minimum atomic E-state index is -1.73. The monoisotopic (exact) mass is 1050 g/mol. The second kappa shape index (κ2) is 23.3. The van der Waals surface area contributed by atoms with Gasteiger partial charge < -0.3 is 73.2 Å². The number of aliphatic hydroxyl groups excluding tert-OH is 1. The summed E-state index contributed by atoms with van der Waals surface area (Å²) >= 11 is 0. The van der Waals surface area contributed by atoms with Crippen LogP contribution >= 0.6 is 0 Å². The normalized spacial score (nSPS) is 32.5. The molecule has 22 nitrogen and oxygen atoms in total. The van der Waals surface area contributed by atoms with E-state index in [1.165, 1.54) is 24.1 Å². The van der Waals surface area contributed by atoms with Crippen LogP contribution in [0, 0.1) is 5.92 Å². The average molecular weight is 1050 g/mol. The van der Waals surface area contributed by atoms with Crippen molar-refractivity contribution in [2.45, 2.75) is 131 Å². The van der Waals surface area contributed by atoms with Gasteiger partial charge in [0.25, 0.3) is 0 Å². The summed E-state index contributed by atoms with van der Waals surface area (Å²) < 4.78 is 67.1. The Morgan fingerprint density at radius 1 is 0.658 bits per heavy atom. The van der Waals surface area contributed by atoms with Crippen molar-refractivity contribution < 1.29 is 86.0 Å². The first-order valence-electron chi connectivity index (χ1n) is 25.1. The summed E-state index contributed by atoms with van der Waals surface area (Å²) in [5.74, 6) is -1.94. The Labute approximate surface area is 436 Å². The highest BCUT2D eigenvalue weighted by Crippen LogP contribution is 2.43. The molecule has 5 heterocycles. The number of carbonyl (C=O) groups excluding carboxylic acids is 6. The predicted octanol–water partition coefficient (Wildman–Crippen LogP) is 4.71. The number of hydrogen-bond donors (Lipinski definition) is 4. The molecular formula is C54H58N4O18. The van der Waals surface area contributed by atoms with E-state index in [0.717, 1.165) is 0 Å². The number of likely N-dealkylation sites (N-methyl/N-ethyl adjacent to an activating group) is 1. The minimum absolute atomic E-state index is 0.0294. The molecular weight excluding hydrogens is 993 g/mol. The molecule has 4 amide bonds. The molecule has 9 unspecified atom stereocenters. The number of esters is 2. The van der Waals surface area contributed by atoms with Crippen LogP contribution in [0.4, 0.5) is 19.2 Å². The van der Waals surface area contributed by atoms with Crippen LogP contribution in [0.3, 0.4) is 0 Å². The van der Waals surface area contributed by atoms with Gasteiger partial charge in [-0.2, -0.15) is 0 Å². The van der Waals surface area contributed by atoms with Crippen molar-refractivity contribution >= 4 is 36.3 Å².